The van der Waals surface area contributed by atoms with Crippen LogP contribution in [0.3, 0.4) is 0 Å². The van der Waals surface area contributed by atoms with Gasteiger partial charge in [-0.25, -0.2) is 13.1 Å². The van der Waals surface area contributed by atoms with E-state index in [9.17, 15) is 8.42 Å². The Labute approximate surface area is 120 Å². The van der Waals surface area contributed by atoms with Crippen molar-refractivity contribution in [2.45, 2.75) is 51.0 Å². The molecule has 0 unspecified atom stereocenters. The summed E-state index contributed by atoms with van der Waals surface area (Å²) in [6, 6.07) is 0. The van der Waals surface area contributed by atoms with E-state index in [1.54, 1.807) is 18.5 Å². The lowest BCUT2D eigenvalue weighted by molar-refractivity contribution is 0.297. The zero-order valence-corrected chi connectivity index (χ0v) is 13.0. The first-order valence-corrected chi connectivity index (χ1v) is 8.67. The minimum Gasteiger partial charge on any atom is -0.329 e. The van der Waals surface area contributed by atoms with Crippen molar-refractivity contribution in [2.24, 2.45) is 11.7 Å². The normalized spacial score (nSPS) is 16.4. The number of aromatic nitrogens is 2. The fourth-order valence-corrected chi connectivity index (χ4v) is 4.12. The molecule has 1 saturated carbocycles. The van der Waals surface area contributed by atoms with Crippen molar-refractivity contribution in [1.29, 1.82) is 0 Å². The predicted octanol–water partition coefficient (Wildman–Crippen LogP) is 0.927. The summed E-state index contributed by atoms with van der Waals surface area (Å²) in [5.41, 5.74) is 6.70. The molecule has 0 aliphatic heterocycles. The molecule has 1 fully saturated rings. The van der Waals surface area contributed by atoms with Crippen molar-refractivity contribution in [1.82, 2.24) is 14.5 Å². The maximum absolute atomic E-state index is 12.4. The van der Waals surface area contributed by atoms with E-state index in [4.69, 9.17) is 5.73 Å². The van der Waals surface area contributed by atoms with E-state index in [1.165, 1.54) is 19.3 Å². The summed E-state index contributed by atoms with van der Waals surface area (Å²) in [4.78, 5) is 0.305. The molecule has 7 heteroatoms. The van der Waals surface area contributed by atoms with Gasteiger partial charge in [-0.3, -0.25) is 4.68 Å². The zero-order valence-electron chi connectivity index (χ0n) is 12.2. The van der Waals surface area contributed by atoms with E-state index in [0.29, 0.717) is 41.8 Å². The molecule has 6 nitrogen and oxygen atoms in total. The molecule has 114 valence electrons. The SMILES string of the molecule is Cc1nn(CCN)c(C)c1S(=O)(=O)NCCC1CCC1. The topological polar surface area (TPSA) is 90.0 Å². The Morgan fingerprint density at radius 3 is 2.65 bits per heavy atom. The van der Waals surface area contributed by atoms with Gasteiger partial charge < -0.3 is 5.73 Å². The van der Waals surface area contributed by atoms with Gasteiger partial charge in [0.2, 0.25) is 10.0 Å². The van der Waals surface area contributed by atoms with Gasteiger partial charge >= 0.3 is 0 Å². The van der Waals surface area contributed by atoms with Crippen molar-refractivity contribution in [3.05, 3.63) is 11.4 Å². The monoisotopic (exact) mass is 300 g/mol. The molecular weight excluding hydrogens is 276 g/mol. The second-order valence-corrected chi connectivity index (χ2v) is 7.20. The van der Waals surface area contributed by atoms with Gasteiger partial charge in [0.15, 0.2) is 0 Å². The van der Waals surface area contributed by atoms with Gasteiger partial charge in [0, 0.05) is 13.1 Å². The number of sulfonamides is 1. The molecule has 0 aromatic carbocycles. The Morgan fingerprint density at radius 1 is 1.40 bits per heavy atom. The fourth-order valence-electron chi connectivity index (χ4n) is 2.66. The molecule has 0 bridgehead atoms. The Kier molecular flexibility index (Phi) is 4.82. The third-order valence-electron chi connectivity index (χ3n) is 3.99. The first-order valence-electron chi connectivity index (χ1n) is 7.19. The quantitative estimate of drug-likeness (QED) is 0.783. The van der Waals surface area contributed by atoms with Crippen LogP contribution in [0.2, 0.25) is 0 Å². The molecule has 20 heavy (non-hydrogen) atoms. The van der Waals surface area contributed by atoms with Crippen LogP contribution in [0, 0.1) is 19.8 Å². The van der Waals surface area contributed by atoms with E-state index in [-0.39, 0.29) is 0 Å². The lowest BCUT2D eigenvalue weighted by Gasteiger charge is -2.25. The highest BCUT2D eigenvalue weighted by atomic mass is 32.2. The predicted molar refractivity (Wildman–Crippen MR) is 77.9 cm³/mol. The molecule has 1 aliphatic rings. The van der Waals surface area contributed by atoms with Gasteiger partial charge in [-0.15, -0.1) is 0 Å². The molecule has 0 atom stereocenters. The first-order chi connectivity index (χ1) is 9.45. The van der Waals surface area contributed by atoms with Crippen LogP contribution in [-0.4, -0.2) is 31.3 Å². The summed E-state index contributed by atoms with van der Waals surface area (Å²) < 4.78 is 29.1. The number of aryl methyl sites for hydroxylation is 1. The van der Waals surface area contributed by atoms with Gasteiger partial charge in [-0.05, 0) is 26.2 Å². The van der Waals surface area contributed by atoms with Crippen molar-refractivity contribution < 1.29 is 8.42 Å². The summed E-state index contributed by atoms with van der Waals surface area (Å²) in [5.74, 6) is 0.694. The molecule has 2 rings (SSSR count). The van der Waals surface area contributed by atoms with Crippen molar-refractivity contribution in [2.75, 3.05) is 13.1 Å². The lowest BCUT2D eigenvalue weighted by atomic mass is 9.83. The number of hydrogen-bond acceptors (Lipinski definition) is 4. The minimum atomic E-state index is -3.47. The van der Waals surface area contributed by atoms with Crippen LogP contribution in [0.25, 0.3) is 0 Å². The van der Waals surface area contributed by atoms with Gasteiger partial charge in [0.1, 0.15) is 4.90 Å². The van der Waals surface area contributed by atoms with Crippen molar-refractivity contribution in [3.8, 4) is 0 Å². The molecule has 1 aliphatic carbocycles. The van der Waals surface area contributed by atoms with E-state index < -0.39 is 10.0 Å². The Hall–Kier alpha value is -0.920. The molecule has 0 spiro atoms. The molecule has 1 aromatic rings. The maximum atomic E-state index is 12.4. The van der Waals surface area contributed by atoms with Gasteiger partial charge in [-0.1, -0.05) is 19.3 Å². The molecule has 1 heterocycles. The standard InChI is InChI=1S/C13H24N4O2S/c1-10-13(11(2)17(16-10)9-7-14)20(18,19)15-8-6-12-4-3-5-12/h12,15H,3-9,14H2,1-2H3. The Morgan fingerprint density at radius 2 is 2.10 bits per heavy atom. The van der Waals surface area contributed by atoms with Gasteiger partial charge in [0.25, 0.3) is 0 Å². The smallest absolute Gasteiger partial charge is 0.244 e. The average Bonchev–Trinajstić information content (AvgIpc) is 2.59. The fraction of sp³-hybridized carbons (Fsp3) is 0.769. The Bertz CT molecular complexity index is 561. The van der Waals surface area contributed by atoms with Crippen LogP contribution in [0.1, 0.15) is 37.1 Å². The molecule has 0 saturated heterocycles. The second-order valence-electron chi connectivity index (χ2n) is 5.50. The molecule has 3 N–H and O–H groups in total. The van der Waals surface area contributed by atoms with Crippen LogP contribution in [-0.2, 0) is 16.6 Å². The van der Waals surface area contributed by atoms with Crippen LogP contribution >= 0.6 is 0 Å². The van der Waals surface area contributed by atoms with Crippen molar-refractivity contribution in [3.63, 3.8) is 0 Å². The van der Waals surface area contributed by atoms with E-state index in [1.807, 2.05) is 0 Å². The summed E-state index contributed by atoms with van der Waals surface area (Å²) in [6.07, 6.45) is 4.66. The van der Waals surface area contributed by atoms with Crippen LogP contribution in [0.4, 0.5) is 0 Å². The lowest BCUT2D eigenvalue weighted by Crippen LogP contribution is -2.28. The highest BCUT2D eigenvalue weighted by molar-refractivity contribution is 7.89. The van der Waals surface area contributed by atoms with E-state index in [0.717, 1.165) is 6.42 Å². The van der Waals surface area contributed by atoms with E-state index >= 15 is 0 Å². The summed E-state index contributed by atoms with van der Waals surface area (Å²) in [5, 5.41) is 4.25. The highest BCUT2D eigenvalue weighted by Crippen LogP contribution is 2.29. The first kappa shape index (κ1) is 15.5. The third kappa shape index (κ3) is 3.21. The van der Waals surface area contributed by atoms with Crippen LogP contribution in [0.5, 0.6) is 0 Å². The molecule has 0 amide bonds. The molecular formula is C13H24N4O2S. The number of nitrogens with one attached hydrogen (secondary N) is 1. The van der Waals surface area contributed by atoms with Gasteiger partial charge in [0.05, 0.1) is 17.9 Å². The average molecular weight is 300 g/mol. The molecule has 0 radical (unpaired) electrons. The van der Waals surface area contributed by atoms with Gasteiger partial charge in [-0.2, -0.15) is 5.10 Å². The Balaban J connectivity index is 2.07. The summed E-state index contributed by atoms with van der Waals surface area (Å²) >= 11 is 0. The highest BCUT2D eigenvalue weighted by Gasteiger charge is 2.25. The number of nitrogens with zero attached hydrogens (tertiary/aromatic N) is 2. The second kappa shape index (κ2) is 6.24. The number of nitrogens with two attached hydrogens (primary N) is 1. The maximum Gasteiger partial charge on any atom is 0.244 e. The summed E-state index contributed by atoms with van der Waals surface area (Å²) in [7, 11) is -3.47. The van der Waals surface area contributed by atoms with Crippen LogP contribution < -0.4 is 10.5 Å². The zero-order chi connectivity index (χ0) is 14.8. The largest absolute Gasteiger partial charge is 0.329 e. The van der Waals surface area contributed by atoms with Crippen LogP contribution in [0.15, 0.2) is 4.90 Å². The number of rotatable bonds is 7. The van der Waals surface area contributed by atoms with E-state index in [2.05, 4.69) is 9.82 Å². The third-order valence-corrected chi connectivity index (χ3v) is 5.71. The summed E-state index contributed by atoms with van der Waals surface area (Å²) in [6.45, 7) is 4.98. The number of hydrogen-bond donors (Lipinski definition) is 2. The molecule has 1 aromatic heterocycles. The van der Waals surface area contributed by atoms with Crippen molar-refractivity contribution >= 4 is 10.0 Å². The minimum absolute atomic E-state index is 0.305.